The van der Waals surface area contributed by atoms with E-state index in [-0.39, 0.29) is 12.4 Å². The molecule has 0 spiro atoms. The zero-order chi connectivity index (χ0) is 17.2. The Kier molecular flexibility index (Phi) is 5.60. The number of pyridine rings is 1. The van der Waals surface area contributed by atoms with E-state index < -0.39 is 0 Å². The van der Waals surface area contributed by atoms with E-state index >= 15 is 0 Å². The van der Waals surface area contributed by atoms with Gasteiger partial charge in [0.1, 0.15) is 0 Å². The summed E-state index contributed by atoms with van der Waals surface area (Å²) in [6.45, 7) is 6.33. The second kappa shape index (κ2) is 7.90. The number of halogens is 1. The molecule has 0 atom stereocenters. The first-order chi connectivity index (χ1) is 12.2. The molecule has 0 aliphatic heterocycles. The molecule has 4 aromatic rings. The van der Waals surface area contributed by atoms with Crippen LogP contribution >= 0.6 is 12.4 Å². The molecule has 4 heteroatoms. The Labute approximate surface area is 160 Å². The molecule has 2 heterocycles. The molecular formula is C22H24ClN3. The lowest BCUT2D eigenvalue weighted by Crippen LogP contribution is -2.29. The average Bonchev–Trinajstić information content (AvgIpc) is 3.04. The normalized spacial score (nSPS) is 11.4. The molecule has 2 aromatic heterocycles. The fourth-order valence-corrected chi connectivity index (χ4v) is 3.34. The van der Waals surface area contributed by atoms with Crippen LogP contribution in [0.4, 0.5) is 0 Å². The Morgan fingerprint density at radius 3 is 2.62 bits per heavy atom. The summed E-state index contributed by atoms with van der Waals surface area (Å²) in [5.74, 6) is 0. The smallest absolute Gasteiger partial charge is 0.0702 e. The first-order valence-corrected chi connectivity index (χ1v) is 8.83. The molecule has 0 aliphatic rings. The maximum atomic E-state index is 4.61. The van der Waals surface area contributed by atoms with E-state index in [1.165, 1.54) is 27.4 Å². The van der Waals surface area contributed by atoms with Gasteiger partial charge in [0.2, 0.25) is 0 Å². The first-order valence-electron chi connectivity index (χ1n) is 8.83. The third-order valence-corrected chi connectivity index (χ3v) is 4.81. The van der Waals surface area contributed by atoms with E-state index in [0.29, 0.717) is 6.04 Å². The van der Waals surface area contributed by atoms with Crippen molar-refractivity contribution < 1.29 is 0 Å². The lowest BCUT2D eigenvalue weighted by molar-refractivity contribution is 0.204. The quantitative estimate of drug-likeness (QED) is 0.503. The maximum absolute atomic E-state index is 4.61. The Morgan fingerprint density at radius 1 is 1.00 bits per heavy atom. The lowest BCUT2D eigenvalue weighted by Gasteiger charge is -2.26. The summed E-state index contributed by atoms with van der Waals surface area (Å²) < 4.78 is 0. The van der Waals surface area contributed by atoms with E-state index in [4.69, 9.17) is 0 Å². The lowest BCUT2D eigenvalue weighted by atomic mass is 10.1. The van der Waals surface area contributed by atoms with Crippen LogP contribution in [0.1, 0.15) is 25.0 Å². The summed E-state index contributed by atoms with van der Waals surface area (Å²) >= 11 is 0. The molecule has 0 saturated carbocycles. The predicted molar refractivity (Wildman–Crippen MR) is 112 cm³/mol. The Morgan fingerprint density at radius 2 is 1.77 bits per heavy atom. The molecular weight excluding hydrogens is 342 g/mol. The number of para-hydroxylation sites is 2. The van der Waals surface area contributed by atoms with E-state index in [9.17, 15) is 0 Å². The molecule has 134 valence electrons. The highest BCUT2D eigenvalue weighted by Gasteiger charge is 2.14. The molecule has 3 nitrogen and oxygen atoms in total. The van der Waals surface area contributed by atoms with E-state index in [2.05, 4.69) is 83.4 Å². The fraction of sp³-hybridized carbons (Fsp3) is 0.227. The van der Waals surface area contributed by atoms with Crippen LogP contribution < -0.4 is 0 Å². The third-order valence-electron chi connectivity index (χ3n) is 4.81. The van der Waals surface area contributed by atoms with Gasteiger partial charge in [0.05, 0.1) is 5.52 Å². The largest absolute Gasteiger partial charge is 0.361 e. The number of nitrogens with one attached hydrogen (secondary N) is 1. The zero-order valence-electron chi connectivity index (χ0n) is 15.1. The van der Waals surface area contributed by atoms with Gasteiger partial charge in [0.25, 0.3) is 0 Å². The van der Waals surface area contributed by atoms with Gasteiger partial charge in [-0.05, 0) is 43.2 Å². The van der Waals surface area contributed by atoms with Crippen molar-refractivity contribution in [3.05, 3.63) is 78.1 Å². The molecule has 0 fully saturated rings. The molecule has 4 rings (SSSR count). The van der Waals surface area contributed by atoms with Gasteiger partial charge in [-0.3, -0.25) is 9.88 Å². The van der Waals surface area contributed by atoms with Crippen molar-refractivity contribution >= 4 is 34.2 Å². The van der Waals surface area contributed by atoms with Crippen LogP contribution in [0.5, 0.6) is 0 Å². The third kappa shape index (κ3) is 3.74. The molecule has 0 amide bonds. The number of aromatic amines is 1. The molecule has 0 saturated heterocycles. The van der Waals surface area contributed by atoms with Crippen molar-refractivity contribution in [1.29, 1.82) is 0 Å². The summed E-state index contributed by atoms with van der Waals surface area (Å²) in [6, 6.07) is 19.5. The van der Waals surface area contributed by atoms with Gasteiger partial charge in [-0.1, -0.05) is 36.4 Å². The van der Waals surface area contributed by atoms with Crippen LogP contribution in [-0.4, -0.2) is 20.9 Å². The molecule has 2 aromatic carbocycles. The second-order valence-electron chi connectivity index (χ2n) is 6.89. The monoisotopic (exact) mass is 365 g/mol. The van der Waals surface area contributed by atoms with Crippen molar-refractivity contribution in [2.75, 3.05) is 0 Å². The van der Waals surface area contributed by atoms with Gasteiger partial charge in [0, 0.05) is 47.8 Å². The van der Waals surface area contributed by atoms with Crippen LogP contribution in [0.3, 0.4) is 0 Å². The highest BCUT2D eigenvalue weighted by molar-refractivity contribution is 5.85. The van der Waals surface area contributed by atoms with Crippen molar-refractivity contribution in [3.8, 4) is 0 Å². The van der Waals surface area contributed by atoms with E-state index in [0.717, 1.165) is 18.6 Å². The van der Waals surface area contributed by atoms with Crippen LogP contribution in [0.25, 0.3) is 21.8 Å². The molecule has 0 unspecified atom stereocenters. The van der Waals surface area contributed by atoms with Crippen molar-refractivity contribution in [3.63, 3.8) is 0 Å². The molecule has 0 aliphatic carbocycles. The van der Waals surface area contributed by atoms with Gasteiger partial charge in [-0.25, -0.2) is 0 Å². The standard InChI is InChI=1S/C22H23N3.ClH/c1-16(2)25(15-19-13-24-22-10-6-4-8-20(19)22)14-17-11-18-7-3-5-9-21(18)23-12-17;/h3-13,16,24H,14-15H2,1-2H3;1H. The van der Waals surface area contributed by atoms with Gasteiger partial charge in [-0.2, -0.15) is 0 Å². The van der Waals surface area contributed by atoms with Crippen LogP contribution in [0, 0.1) is 0 Å². The number of nitrogens with zero attached hydrogens (tertiary/aromatic N) is 2. The minimum Gasteiger partial charge on any atom is -0.361 e. The number of hydrogen-bond donors (Lipinski definition) is 1. The summed E-state index contributed by atoms with van der Waals surface area (Å²) in [5.41, 5.74) is 4.86. The molecule has 1 N–H and O–H groups in total. The van der Waals surface area contributed by atoms with Crippen LogP contribution in [0.15, 0.2) is 67.0 Å². The zero-order valence-corrected chi connectivity index (χ0v) is 16.0. The summed E-state index contributed by atoms with van der Waals surface area (Å²) in [7, 11) is 0. The average molecular weight is 366 g/mol. The maximum Gasteiger partial charge on any atom is 0.0702 e. The summed E-state index contributed by atoms with van der Waals surface area (Å²) in [4.78, 5) is 10.5. The highest BCUT2D eigenvalue weighted by atomic mass is 35.5. The van der Waals surface area contributed by atoms with Gasteiger partial charge in [-0.15, -0.1) is 12.4 Å². The molecule has 26 heavy (non-hydrogen) atoms. The first kappa shape index (κ1) is 18.4. The minimum atomic E-state index is 0. The van der Waals surface area contributed by atoms with Crippen molar-refractivity contribution in [1.82, 2.24) is 14.9 Å². The van der Waals surface area contributed by atoms with Gasteiger partial charge >= 0.3 is 0 Å². The minimum absolute atomic E-state index is 0. The topological polar surface area (TPSA) is 31.9 Å². The summed E-state index contributed by atoms with van der Waals surface area (Å²) in [5, 5.41) is 2.51. The number of rotatable bonds is 5. The van der Waals surface area contributed by atoms with E-state index in [1.807, 2.05) is 12.3 Å². The highest BCUT2D eigenvalue weighted by Crippen LogP contribution is 2.22. The number of H-pyrrole nitrogens is 1. The SMILES string of the molecule is CC(C)N(Cc1cnc2ccccc2c1)Cc1c[nH]c2ccccc12.Cl. The fourth-order valence-electron chi connectivity index (χ4n) is 3.34. The number of fused-ring (bicyclic) bond motifs is 2. The van der Waals surface area contributed by atoms with E-state index in [1.54, 1.807) is 0 Å². The second-order valence-corrected chi connectivity index (χ2v) is 6.89. The predicted octanol–water partition coefficient (Wildman–Crippen LogP) is 5.55. The van der Waals surface area contributed by atoms with Crippen LogP contribution in [0.2, 0.25) is 0 Å². The molecule has 0 bridgehead atoms. The number of benzene rings is 2. The van der Waals surface area contributed by atoms with Crippen molar-refractivity contribution in [2.45, 2.75) is 33.0 Å². The van der Waals surface area contributed by atoms with Crippen molar-refractivity contribution in [2.24, 2.45) is 0 Å². The summed E-state index contributed by atoms with van der Waals surface area (Å²) in [6.07, 6.45) is 4.14. The Hall–Kier alpha value is -2.36. The number of aromatic nitrogens is 2. The van der Waals surface area contributed by atoms with Gasteiger partial charge < -0.3 is 4.98 Å². The Bertz CT molecular complexity index is 1010. The van der Waals surface area contributed by atoms with Gasteiger partial charge in [0.15, 0.2) is 0 Å². The van der Waals surface area contributed by atoms with Crippen LogP contribution in [-0.2, 0) is 13.1 Å². The number of hydrogen-bond acceptors (Lipinski definition) is 2. The Balaban J connectivity index is 0.00000196. The molecule has 0 radical (unpaired) electrons.